The van der Waals surface area contributed by atoms with Crippen molar-refractivity contribution in [2.24, 2.45) is 0 Å². The zero-order chi connectivity index (χ0) is 10.1. The molecule has 6 heteroatoms. The van der Waals surface area contributed by atoms with E-state index in [0.29, 0.717) is 12.6 Å². The van der Waals surface area contributed by atoms with E-state index in [1.165, 1.54) is 0 Å². The number of aliphatic hydroxyl groups is 2. The molecule has 2 atom stereocenters. The number of rotatable bonds is 8. The van der Waals surface area contributed by atoms with Crippen molar-refractivity contribution in [3.05, 3.63) is 0 Å². The molecule has 0 aliphatic carbocycles. The Morgan fingerprint density at radius 3 is 1.57 bits per heavy atom. The molecule has 0 amide bonds. The quantitative estimate of drug-likeness (QED) is 0.457. The van der Waals surface area contributed by atoms with Gasteiger partial charge in [0.25, 0.3) is 0 Å². The predicted octanol–water partition coefficient (Wildman–Crippen LogP) is -1.10. The van der Waals surface area contributed by atoms with Crippen molar-refractivity contribution in [3.8, 4) is 0 Å². The lowest BCUT2D eigenvalue weighted by atomic mass is 10.1. The van der Waals surface area contributed by atoms with Crippen LogP contribution in [-0.4, -0.2) is 48.1 Å². The average molecular weight is 226 g/mol. The third kappa shape index (κ3) is 6.97. The fourth-order valence-electron chi connectivity index (χ4n) is 0.934. The van der Waals surface area contributed by atoms with Crippen LogP contribution in [0, 0.1) is 0 Å². The summed E-state index contributed by atoms with van der Waals surface area (Å²) in [4.78, 5) is 20.8. The maximum atomic E-state index is 10.4. The molecule has 0 rings (SSSR count). The Labute approximate surface area is 88.9 Å². The van der Waals surface area contributed by atoms with Crippen LogP contribution in [0.5, 0.6) is 0 Å². The summed E-state index contributed by atoms with van der Waals surface area (Å²) in [5, 5.41) is 19.8. The Kier molecular flexibility index (Phi) is 12.1. The van der Waals surface area contributed by atoms with Gasteiger partial charge in [-0.25, -0.2) is 0 Å². The minimum absolute atomic E-state index is 0. The van der Waals surface area contributed by atoms with Crippen LogP contribution < -0.4 is 5.32 Å². The van der Waals surface area contributed by atoms with Crippen LogP contribution in [0.4, 0.5) is 0 Å². The normalized spacial score (nSPS) is 13.9. The van der Waals surface area contributed by atoms with E-state index in [4.69, 9.17) is 10.2 Å². The molecular formula is C8H16ClNO4. The summed E-state index contributed by atoms with van der Waals surface area (Å²) < 4.78 is 0. The number of hydrogen-bond donors (Lipinski definition) is 3. The van der Waals surface area contributed by atoms with Gasteiger partial charge in [-0.1, -0.05) is 0 Å². The highest BCUT2D eigenvalue weighted by Crippen LogP contribution is 1.93. The lowest BCUT2D eigenvalue weighted by molar-refractivity contribution is -0.112. The van der Waals surface area contributed by atoms with Crippen LogP contribution in [0.2, 0.25) is 0 Å². The van der Waals surface area contributed by atoms with Gasteiger partial charge < -0.3 is 19.8 Å². The van der Waals surface area contributed by atoms with E-state index in [2.05, 4.69) is 5.32 Å². The lowest BCUT2D eigenvalue weighted by Crippen LogP contribution is -2.41. The Hall–Kier alpha value is -0.490. The van der Waals surface area contributed by atoms with Gasteiger partial charge in [-0.05, 0) is 12.8 Å². The number of carbonyl (C=O) groups is 2. The molecule has 0 heterocycles. The molecule has 0 aromatic rings. The zero-order valence-corrected chi connectivity index (χ0v) is 8.57. The smallest absolute Gasteiger partial charge is 0.137 e. The molecular weight excluding hydrogens is 210 g/mol. The van der Waals surface area contributed by atoms with E-state index in [1.807, 2.05) is 0 Å². The second-order valence-corrected chi connectivity index (χ2v) is 2.68. The second kappa shape index (κ2) is 10.6. The lowest BCUT2D eigenvalue weighted by Gasteiger charge is -2.15. The first kappa shape index (κ1) is 16.0. The summed E-state index contributed by atoms with van der Waals surface area (Å²) in [7, 11) is 0. The van der Waals surface area contributed by atoms with Crippen molar-refractivity contribution in [2.75, 3.05) is 13.2 Å². The number of aliphatic hydroxyl groups excluding tert-OH is 2. The minimum atomic E-state index is -0.522. The molecule has 0 radical (unpaired) electrons. The SMILES string of the molecule is Cl.O=CC(CCO)NC(C=O)CCO. The Morgan fingerprint density at radius 2 is 1.36 bits per heavy atom. The van der Waals surface area contributed by atoms with E-state index < -0.39 is 12.1 Å². The van der Waals surface area contributed by atoms with Gasteiger partial charge in [0.05, 0.1) is 12.1 Å². The highest BCUT2D eigenvalue weighted by Gasteiger charge is 2.12. The van der Waals surface area contributed by atoms with Crippen LogP contribution in [0.3, 0.4) is 0 Å². The molecule has 14 heavy (non-hydrogen) atoms. The highest BCUT2D eigenvalue weighted by atomic mass is 35.5. The van der Waals surface area contributed by atoms with E-state index in [9.17, 15) is 9.59 Å². The first-order valence-corrected chi connectivity index (χ1v) is 4.16. The topological polar surface area (TPSA) is 86.6 Å². The fourth-order valence-corrected chi connectivity index (χ4v) is 0.934. The Balaban J connectivity index is 0. The van der Waals surface area contributed by atoms with Gasteiger partial charge in [-0.15, -0.1) is 12.4 Å². The molecule has 84 valence electrons. The van der Waals surface area contributed by atoms with Crippen molar-refractivity contribution in [1.82, 2.24) is 5.32 Å². The van der Waals surface area contributed by atoms with E-state index in [-0.39, 0.29) is 38.5 Å². The number of hydrogen-bond acceptors (Lipinski definition) is 5. The van der Waals surface area contributed by atoms with Gasteiger partial charge in [-0.2, -0.15) is 0 Å². The van der Waals surface area contributed by atoms with Crippen LogP contribution >= 0.6 is 12.4 Å². The summed E-state index contributed by atoms with van der Waals surface area (Å²) in [6.45, 7) is -0.220. The van der Waals surface area contributed by atoms with Crippen molar-refractivity contribution >= 4 is 25.0 Å². The maximum absolute atomic E-state index is 10.4. The third-order valence-electron chi connectivity index (χ3n) is 1.64. The summed E-state index contributed by atoms with van der Waals surface area (Å²) >= 11 is 0. The summed E-state index contributed by atoms with van der Waals surface area (Å²) in [5.41, 5.74) is 0. The fraction of sp³-hybridized carbons (Fsp3) is 0.750. The molecule has 0 fully saturated rings. The summed E-state index contributed by atoms with van der Waals surface area (Å²) in [6.07, 6.45) is 1.84. The molecule has 0 saturated carbocycles. The molecule has 0 bridgehead atoms. The average Bonchev–Trinajstić information content (AvgIpc) is 2.16. The van der Waals surface area contributed by atoms with E-state index in [1.54, 1.807) is 0 Å². The minimum Gasteiger partial charge on any atom is -0.396 e. The predicted molar refractivity (Wildman–Crippen MR) is 53.5 cm³/mol. The molecule has 0 aromatic carbocycles. The monoisotopic (exact) mass is 225 g/mol. The van der Waals surface area contributed by atoms with Crippen molar-refractivity contribution < 1.29 is 19.8 Å². The van der Waals surface area contributed by atoms with E-state index >= 15 is 0 Å². The van der Waals surface area contributed by atoms with Gasteiger partial charge in [-0.3, -0.25) is 5.32 Å². The second-order valence-electron chi connectivity index (χ2n) is 2.68. The van der Waals surface area contributed by atoms with Crippen molar-refractivity contribution in [1.29, 1.82) is 0 Å². The number of carbonyl (C=O) groups excluding carboxylic acids is 2. The van der Waals surface area contributed by atoms with Crippen LogP contribution in [-0.2, 0) is 9.59 Å². The van der Waals surface area contributed by atoms with Crippen molar-refractivity contribution in [2.45, 2.75) is 24.9 Å². The third-order valence-corrected chi connectivity index (χ3v) is 1.64. The maximum Gasteiger partial charge on any atom is 0.137 e. The van der Waals surface area contributed by atoms with Crippen LogP contribution in [0.25, 0.3) is 0 Å². The van der Waals surface area contributed by atoms with Gasteiger partial charge in [0.15, 0.2) is 0 Å². The summed E-state index contributed by atoms with van der Waals surface area (Å²) in [5.74, 6) is 0. The first-order chi connectivity index (χ1) is 6.28. The number of nitrogens with one attached hydrogen (secondary N) is 1. The van der Waals surface area contributed by atoms with Crippen molar-refractivity contribution in [3.63, 3.8) is 0 Å². The molecule has 5 nitrogen and oxygen atoms in total. The van der Waals surface area contributed by atoms with Gasteiger partial charge in [0, 0.05) is 13.2 Å². The van der Waals surface area contributed by atoms with Gasteiger partial charge in [0.2, 0.25) is 0 Å². The molecule has 0 aliphatic heterocycles. The number of halogens is 1. The number of aldehydes is 2. The molecule has 0 aromatic heterocycles. The molecule has 2 unspecified atom stereocenters. The largest absolute Gasteiger partial charge is 0.396 e. The zero-order valence-electron chi connectivity index (χ0n) is 7.76. The molecule has 0 aliphatic rings. The van der Waals surface area contributed by atoms with E-state index in [0.717, 1.165) is 0 Å². The highest BCUT2D eigenvalue weighted by molar-refractivity contribution is 5.85. The van der Waals surface area contributed by atoms with Crippen LogP contribution in [0.15, 0.2) is 0 Å². The Bertz CT molecular complexity index is 140. The van der Waals surface area contributed by atoms with Gasteiger partial charge in [0.1, 0.15) is 12.6 Å². The molecule has 0 spiro atoms. The molecule has 3 N–H and O–H groups in total. The summed E-state index contributed by atoms with van der Waals surface area (Å²) in [6, 6.07) is -1.04. The first-order valence-electron chi connectivity index (χ1n) is 4.16. The Morgan fingerprint density at radius 1 is 1.00 bits per heavy atom. The molecule has 0 saturated heterocycles. The standard InChI is InChI=1S/C8H15NO4.ClH/c10-3-1-7(5-12)9-8(6-13)2-4-11;/h5-11H,1-4H2;1H. The van der Waals surface area contributed by atoms with Gasteiger partial charge >= 0.3 is 0 Å². The van der Waals surface area contributed by atoms with Crippen LogP contribution in [0.1, 0.15) is 12.8 Å².